The van der Waals surface area contributed by atoms with E-state index in [-0.39, 0.29) is 23.6 Å². The van der Waals surface area contributed by atoms with Crippen LogP contribution in [0.15, 0.2) is 109 Å². The molecule has 8 nitrogen and oxygen atoms in total. The fraction of sp³-hybridized carbons (Fsp3) is 0.486. The predicted molar refractivity (Wildman–Crippen MR) is 316 cm³/mol. The van der Waals surface area contributed by atoms with E-state index >= 15 is 0 Å². The van der Waals surface area contributed by atoms with E-state index in [0.717, 1.165) is 125 Å². The zero-order valence-corrected chi connectivity index (χ0v) is 48.7. The quantitative estimate of drug-likeness (QED) is 0.0683. The van der Waals surface area contributed by atoms with Crippen LogP contribution < -0.4 is 0 Å². The molecule has 78 heavy (non-hydrogen) atoms. The standard InChI is InChI=1S/C35H47NO.C34H43NO3.CO2/c1-6-12-28-13-18-33(36-25-28)32-17-16-31(24-27(32)5)35(7-2,8-3)30-15-14-29(26(4)23-30)19-22-34(37)20-10-9-11-21-34;1-5-34(6-2,29-12-11-28(25(3)20-29)16-19-33(37)17-8-7-9-18-33)30-13-14-31(26(4)21-30)32-15-10-27(22-35-32)23-38-24-36;2-1-3/h13-18,23-25,37H,6-12,19-22H2,1-5H3;10-15,20-22,24,37H,5-9,16-19,23H2,1-4H3;. The minimum Gasteiger partial charge on any atom is -0.463 e. The number of ether oxygens (including phenoxy) is 1. The van der Waals surface area contributed by atoms with E-state index in [4.69, 9.17) is 19.3 Å². The molecule has 4 aromatic carbocycles. The molecule has 2 fully saturated rings. The number of carbonyl (C=O) groups excluding carboxylic acids is 3. The first kappa shape index (κ1) is 61.2. The monoisotopic (exact) mass is 1050 g/mol. The molecule has 0 spiro atoms. The highest BCUT2D eigenvalue weighted by atomic mass is 16.5. The zero-order chi connectivity index (χ0) is 56.4. The fourth-order valence-electron chi connectivity index (χ4n) is 13.0. The van der Waals surface area contributed by atoms with Gasteiger partial charge in [0.2, 0.25) is 0 Å². The van der Waals surface area contributed by atoms with Gasteiger partial charge in [-0.1, -0.05) is 164 Å². The minimum atomic E-state index is -0.475. The van der Waals surface area contributed by atoms with Crippen molar-refractivity contribution in [2.24, 2.45) is 0 Å². The smallest absolute Gasteiger partial charge is 0.373 e. The highest BCUT2D eigenvalue weighted by Crippen LogP contribution is 2.44. The number of hydrogen-bond donors (Lipinski definition) is 2. The Hall–Kier alpha value is -6.05. The summed E-state index contributed by atoms with van der Waals surface area (Å²) in [7, 11) is 0. The molecule has 0 aliphatic heterocycles. The Bertz CT molecular complexity index is 2880. The molecular formula is C70H90N2O6. The van der Waals surface area contributed by atoms with Gasteiger partial charge in [-0.3, -0.25) is 14.8 Å². The summed E-state index contributed by atoms with van der Waals surface area (Å²) in [6, 6.07) is 36.3. The van der Waals surface area contributed by atoms with E-state index in [2.05, 4.69) is 152 Å². The number of rotatable bonds is 21. The normalized spacial score (nSPS) is 15.0. The molecule has 2 aliphatic rings. The molecule has 2 N–H and O–H groups in total. The van der Waals surface area contributed by atoms with Crippen molar-refractivity contribution in [2.75, 3.05) is 0 Å². The Morgan fingerprint density at radius 2 is 0.885 bits per heavy atom. The van der Waals surface area contributed by atoms with Crippen LogP contribution in [-0.4, -0.2) is 44.0 Å². The molecular weight excluding hydrogens is 965 g/mol. The molecule has 2 saturated carbocycles. The zero-order valence-electron chi connectivity index (χ0n) is 48.7. The highest BCUT2D eigenvalue weighted by Gasteiger charge is 2.34. The Balaban J connectivity index is 0.000000240. The van der Waals surface area contributed by atoms with Crippen molar-refractivity contribution in [2.45, 2.75) is 219 Å². The van der Waals surface area contributed by atoms with Gasteiger partial charge in [0, 0.05) is 39.9 Å². The van der Waals surface area contributed by atoms with Crippen LogP contribution in [0.4, 0.5) is 0 Å². The van der Waals surface area contributed by atoms with Gasteiger partial charge in [-0.25, -0.2) is 0 Å². The average Bonchev–Trinajstić information content (AvgIpc) is 3.48. The van der Waals surface area contributed by atoms with Crippen molar-refractivity contribution in [1.82, 2.24) is 9.97 Å². The summed E-state index contributed by atoms with van der Waals surface area (Å²) < 4.78 is 4.84. The van der Waals surface area contributed by atoms with Gasteiger partial charge in [-0.05, 0) is 184 Å². The predicted octanol–water partition coefficient (Wildman–Crippen LogP) is 16.2. The third-order valence-electron chi connectivity index (χ3n) is 18.1. The summed E-state index contributed by atoms with van der Waals surface area (Å²) in [6.45, 7) is 21.0. The second kappa shape index (κ2) is 28.7. The SMILES string of the molecule is CCC(CC)(c1ccc(CCC2(O)CCCCC2)c(C)c1)c1ccc(-c2ccc(COC=O)cn2)c(C)c1.CCCc1ccc(-c2ccc(C(CC)(CC)c3ccc(CCC4(O)CCCCC4)c(C)c3)cc2C)nc1.O=C=O. The first-order chi connectivity index (χ1) is 37.6. The Kier molecular flexibility index (Phi) is 22.5. The number of carbonyl (C=O) groups is 1. The molecule has 0 radical (unpaired) electrons. The molecule has 0 bridgehead atoms. The van der Waals surface area contributed by atoms with Crippen molar-refractivity contribution < 1.29 is 29.3 Å². The number of benzene rings is 4. The third-order valence-corrected chi connectivity index (χ3v) is 18.1. The fourth-order valence-corrected chi connectivity index (χ4v) is 13.0. The van der Waals surface area contributed by atoms with Crippen molar-refractivity contribution >= 4 is 12.6 Å². The maximum atomic E-state index is 11.0. The van der Waals surface area contributed by atoms with Crippen molar-refractivity contribution in [3.63, 3.8) is 0 Å². The Labute approximate surface area is 467 Å². The number of aromatic nitrogens is 2. The molecule has 6 aromatic rings. The molecule has 8 heteroatoms. The number of aryl methyl sites for hydroxylation is 7. The molecule has 0 amide bonds. The van der Waals surface area contributed by atoms with Gasteiger partial charge in [-0.15, -0.1) is 0 Å². The van der Waals surface area contributed by atoms with Crippen molar-refractivity contribution in [3.8, 4) is 22.5 Å². The molecule has 2 heterocycles. The Morgan fingerprint density at radius 1 is 0.513 bits per heavy atom. The van der Waals surface area contributed by atoms with Crippen molar-refractivity contribution in [3.05, 3.63) is 176 Å². The molecule has 416 valence electrons. The van der Waals surface area contributed by atoms with Crippen LogP contribution in [0.1, 0.15) is 211 Å². The summed E-state index contributed by atoms with van der Waals surface area (Å²) in [5.74, 6) is 0. The number of nitrogens with zero attached hydrogens (tertiary/aromatic N) is 2. The maximum Gasteiger partial charge on any atom is 0.373 e. The molecule has 0 saturated heterocycles. The van der Waals surface area contributed by atoms with E-state index in [1.807, 2.05) is 18.3 Å². The topological polar surface area (TPSA) is 127 Å². The molecule has 0 unspecified atom stereocenters. The summed E-state index contributed by atoms with van der Waals surface area (Å²) in [6.07, 6.45) is 25.1. The molecule has 2 aliphatic carbocycles. The summed E-state index contributed by atoms with van der Waals surface area (Å²) in [5, 5.41) is 22.0. The van der Waals surface area contributed by atoms with E-state index in [9.17, 15) is 15.0 Å². The van der Waals surface area contributed by atoms with Gasteiger partial charge in [0.25, 0.3) is 6.47 Å². The van der Waals surface area contributed by atoms with E-state index in [1.165, 1.54) is 92.4 Å². The number of aliphatic hydroxyl groups is 2. The summed E-state index contributed by atoms with van der Waals surface area (Å²) >= 11 is 0. The van der Waals surface area contributed by atoms with Crippen molar-refractivity contribution in [1.29, 1.82) is 0 Å². The second-order valence-electron chi connectivity index (χ2n) is 22.8. The molecule has 8 rings (SSSR count). The van der Waals surface area contributed by atoms with Gasteiger partial charge in [-0.2, -0.15) is 9.59 Å². The number of hydrogen-bond acceptors (Lipinski definition) is 8. The van der Waals surface area contributed by atoms with Gasteiger partial charge in [0.1, 0.15) is 6.61 Å². The molecule has 0 atom stereocenters. The van der Waals surface area contributed by atoms with Gasteiger partial charge in [0.15, 0.2) is 0 Å². The summed E-state index contributed by atoms with van der Waals surface area (Å²) in [4.78, 5) is 36.1. The van der Waals surface area contributed by atoms with Crippen LogP contribution in [0.5, 0.6) is 0 Å². The minimum absolute atomic E-state index is 0.00738. The number of pyridine rings is 2. The van der Waals surface area contributed by atoms with E-state index < -0.39 is 11.2 Å². The van der Waals surface area contributed by atoms with Crippen LogP contribution in [0, 0.1) is 27.7 Å². The lowest BCUT2D eigenvalue weighted by Crippen LogP contribution is -2.31. The van der Waals surface area contributed by atoms with Crippen LogP contribution >= 0.6 is 0 Å². The van der Waals surface area contributed by atoms with E-state index in [1.54, 1.807) is 6.20 Å². The lowest BCUT2D eigenvalue weighted by molar-refractivity contribution is -0.191. The second-order valence-corrected chi connectivity index (χ2v) is 22.8. The van der Waals surface area contributed by atoms with Crippen LogP contribution in [0.25, 0.3) is 22.5 Å². The molecule has 2 aromatic heterocycles. The largest absolute Gasteiger partial charge is 0.463 e. The Morgan fingerprint density at radius 3 is 1.21 bits per heavy atom. The maximum absolute atomic E-state index is 11.0. The van der Waals surface area contributed by atoms with Gasteiger partial charge in [0.05, 0.1) is 22.6 Å². The average molecular weight is 1060 g/mol. The first-order valence-electron chi connectivity index (χ1n) is 29.4. The highest BCUT2D eigenvalue weighted by molar-refractivity contribution is 5.66. The third kappa shape index (κ3) is 15.0. The lowest BCUT2D eigenvalue weighted by atomic mass is 9.69. The van der Waals surface area contributed by atoms with Crippen LogP contribution in [0.3, 0.4) is 0 Å². The summed E-state index contributed by atoms with van der Waals surface area (Å²) in [5.41, 5.74) is 18.9. The first-order valence-corrected chi connectivity index (χ1v) is 29.4. The lowest BCUT2D eigenvalue weighted by Gasteiger charge is -2.35. The van der Waals surface area contributed by atoms with Crippen LogP contribution in [-0.2, 0) is 55.8 Å². The van der Waals surface area contributed by atoms with Crippen LogP contribution in [0.2, 0.25) is 0 Å². The van der Waals surface area contributed by atoms with Gasteiger partial charge < -0.3 is 14.9 Å². The van der Waals surface area contributed by atoms with Gasteiger partial charge >= 0.3 is 6.15 Å². The van der Waals surface area contributed by atoms with E-state index in [0.29, 0.717) is 6.47 Å².